The Bertz CT molecular complexity index is 590. The Hall–Kier alpha value is -1.20. The third-order valence-electron chi connectivity index (χ3n) is 2.67. The fourth-order valence-electron chi connectivity index (χ4n) is 1.68. The molecule has 0 saturated carbocycles. The lowest BCUT2D eigenvalue weighted by Gasteiger charge is -2.09. The van der Waals surface area contributed by atoms with Crippen molar-refractivity contribution in [2.75, 3.05) is 0 Å². The lowest BCUT2D eigenvalue weighted by molar-refractivity contribution is 0.767. The van der Waals surface area contributed by atoms with Gasteiger partial charge in [-0.3, -0.25) is 0 Å². The summed E-state index contributed by atoms with van der Waals surface area (Å²) in [6, 6.07) is 7.80. The summed E-state index contributed by atoms with van der Waals surface area (Å²) in [4.78, 5) is 0.374. The van der Waals surface area contributed by atoms with Gasteiger partial charge in [-0.05, 0) is 30.2 Å². The molecule has 0 bridgehead atoms. The van der Waals surface area contributed by atoms with E-state index in [9.17, 15) is 0 Å². The first-order valence-corrected chi connectivity index (χ1v) is 6.84. The molecule has 0 radical (unpaired) electrons. The summed E-state index contributed by atoms with van der Waals surface area (Å²) in [6.45, 7) is 4.23. The van der Waals surface area contributed by atoms with Crippen LogP contribution in [0.4, 0.5) is 0 Å². The van der Waals surface area contributed by atoms with Crippen LogP contribution in [0.25, 0.3) is 5.69 Å². The highest BCUT2D eigenvalue weighted by molar-refractivity contribution is 9.10. The number of halogens is 1. The van der Waals surface area contributed by atoms with Crippen LogP contribution in [0.1, 0.15) is 31.0 Å². The highest BCUT2D eigenvalue weighted by Crippen LogP contribution is 2.21. The van der Waals surface area contributed by atoms with Crippen molar-refractivity contribution in [1.29, 1.82) is 0 Å². The van der Waals surface area contributed by atoms with E-state index in [1.54, 1.807) is 0 Å². The molecule has 1 heterocycles. The molecule has 0 aliphatic carbocycles. The number of hydrogen-bond acceptors (Lipinski definition) is 2. The molecule has 1 aromatic heterocycles. The van der Waals surface area contributed by atoms with E-state index >= 15 is 0 Å². The van der Waals surface area contributed by atoms with Gasteiger partial charge in [0.25, 0.3) is 0 Å². The molecule has 2 N–H and O–H groups in total. The quantitative estimate of drug-likeness (QED) is 0.880. The first-order chi connectivity index (χ1) is 8.49. The third kappa shape index (κ3) is 2.62. The van der Waals surface area contributed by atoms with Crippen LogP contribution in [0.5, 0.6) is 0 Å². The molecular weight excluding hydrogens is 310 g/mol. The van der Waals surface area contributed by atoms with Gasteiger partial charge in [0.15, 0.2) is 0 Å². The Morgan fingerprint density at radius 2 is 2.11 bits per heavy atom. The third-order valence-corrected chi connectivity index (χ3v) is 3.39. The van der Waals surface area contributed by atoms with E-state index in [0.717, 1.165) is 21.4 Å². The Balaban J connectivity index is 2.54. The second-order valence-corrected chi connectivity index (χ2v) is 5.72. The maximum absolute atomic E-state index is 5.74. The summed E-state index contributed by atoms with van der Waals surface area (Å²) in [7, 11) is 0. The Morgan fingerprint density at radius 1 is 1.39 bits per heavy atom. The van der Waals surface area contributed by atoms with E-state index in [-0.39, 0.29) is 0 Å². The number of nitrogens with two attached hydrogens (primary N) is 1. The summed E-state index contributed by atoms with van der Waals surface area (Å²) in [6.07, 6.45) is 1.93. The predicted molar refractivity (Wildman–Crippen MR) is 81.2 cm³/mol. The predicted octanol–water partition coefficient (Wildman–Crippen LogP) is 3.39. The molecule has 94 valence electrons. The molecule has 0 amide bonds. The average Bonchev–Trinajstić information content (AvgIpc) is 2.77. The van der Waals surface area contributed by atoms with Crippen LogP contribution in [0, 0.1) is 0 Å². The standard InChI is InChI=1S/C13H14BrN3S/c1-8(2)11-5-6-17(16-11)12-7-9(14)3-4-10(12)13(15)18/h3-8H,1-2H3,(H2,15,18). The highest BCUT2D eigenvalue weighted by Gasteiger charge is 2.10. The van der Waals surface area contributed by atoms with Crippen LogP contribution in [0.3, 0.4) is 0 Å². The normalized spacial score (nSPS) is 10.9. The maximum atomic E-state index is 5.74. The van der Waals surface area contributed by atoms with Gasteiger partial charge in [0.1, 0.15) is 4.99 Å². The molecule has 2 rings (SSSR count). The molecule has 0 fully saturated rings. The fourth-order valence-corrected chi connectivity index (χ4v) is 2.20. The topological polar surface area (TPSA) is 43.8 Å². The smallest absolute Gasteiger partial charge is 0.106 e. The average molecular weight is 324 g/mol. The van der Waals surface area contributed by atoms with Crippen molar-refractivity contribution in [3.8, 4) is 5.69 Å². The monoisotopic (exact) mass is 323 g/mol. The number of hydrogen-bond donors (Lipinski definition) is 1. The number of rotatable bonds is 3. The van der Waals surface area contributed by atoms with Gasteiger partial charge in [-0.2, -0.15) is 5.10 Å². The molecule has 0 aliphatic heterocycles. The van der Waals surface area contributed by atoms with Crippen molar-refractivity contribution in [3.63, 3.8) is 0 Å². The van der Waals surface area contributed by atoms with Gasteiger partial charge in [0, 0.05) is 16.2 Å². The van der Waals surface area contributed by atoms with E-state index in [4.69, 9.17) is 18.0 Å². The van der Waals surface area contributed by atoms with Gasteiger partial charge in [-0.25, -0.2) is 4.68 Å². The van der Waals surface area contributed by atoms with Crippen LogP contribution in [0.2, 0.25) is 0 Å². The zero-order valence-electron chi connectivity index (χ0n) is 10.2. The van der Waals surface area contributed by atoms with Crippen molar-refractivity contribution >= 4 is 33.1 Å². The van der Waals surface area contributed by atoms with E-state index in [1.165, 1.54) is 0 Å². The molecule has 0 unspecified atom stereocenters. The van der Waals surface area contributed by atoms with Gasteiger partial charge in [-0.15, -0.1) is 0 Å². The fraction of sp³-hybridized carbons (Fsp3) is 0.231. The minimum atomic E-state index is 0.374. The summed E-state index contributed by atoms with van der Waals surface area (Å²) in [5.41, 5.74) is 8.51. The zero-order chi connectivity index (χ0) is 13.3. The van der Waals surface area contributed by atoms with Crippen molar-refractivity contribution in [2.45, 2.75) is 19.8 Å². The molecule has 1 aromatic carbocycles. The summed E-state index contributed by atoms with van der Waals surface area (Å²) in [5.74, 6) is 0.395. The molecule has 2 aromatic rings. The first kappa shape index (κ1) is 13.2. The van der Waals surface area contributed by atoms with E-state index in [0.29, 0.717) is 10.9 Å². The minimum absolute atomic E-state index is 0.374. The summed E-state index contributed by atoms with van der Waals surface area (Å²) in [5, 5.41) is 4.54. The SMILES string of the molecule is CC(C)c1ccn(-c2cc(Br)ccc2C(N)=S)n1. The van der Waals surface area contributed by atoms with Gasteiger partial charge in [-0.1, -0.05) is 42.0 Å². The highest BCUT2D eigenvalue weighted by atomic mass is 79.9. The number of aromatic nitrogens is 2. The molecule has 0 aliphatic rings. The van der Waals surface area contributed by atoms with Crippen molar-refractivity contribution in [3.05, 3.63) is 46.2 Å². The first-order valence-electron chi connectivity index (χ1n) is 5.64. The van der Waals surface area contributed by atoms with Crippen LogP contribution in [-0.4, -0.2) is 14.8 Å². The summed E-state index contributed by atoms with van der Waals surface area (Å²) >= 11 is 8.53. The molecule has 5 heteroatoms. The number of nitrogens with zero attached hydrogens (tertiary/aromatic N) is 2. The lowest BCUT2D eigenvalue weighted by Crippen LogP contribution is -2.13. The van der Waals surface area contributed by atoms with Gasteiger partial charge in [0.05, 0.1) is 11.4 Å². The van der Waals surface area contributed by atoms with Crippen molar-refractivity contribution < 1.29 is 0 Å². The van der Waals surface area contributed by atoms with Crippen LogP contribution >= 0.6 is 28.1 Å². The van der Waals surface area contributed by atoms with E-state index in [2.05, 4.69) is 34.9 Å². The maximum Gasteiger partial charge on any atom is 0.106 e. The zero-order valence-corrected chi connectivity index (χ0v) is 12.6. The Kier molecular flexibility index (Phi) is 3.82. The van der Waals surface area contributed by atoms with E-state index in [1.807, 2.05) is 35.1 Å². The molecule has 0 atom stereocenters. The van der Waals surface area contributed by atoms with Crippen LogP contribution in [-0.2, 0) is 0 Å². The Labute approximate surface area is 120 Å². The summed E-state index contributed by atoms with van der Waals surface area (Å²) < 4.78 is 2.79. The van der Waals surface area contributed by atoms with Gasteiger partial charge >= 0.3 is 0 Å². The molecule has 18 heavy (non-hydrogen) atoms. The second kappa shape index (κ2) is 5.20. The largest absolute Gasteiger partial charge is 0.389 e. The minimum Gasteiger partial charge on any atom is -0.389 e. The van der Waals surface area contributed by atoms with Gasteiger partial charge in [0.2, 0.25) is 0 Å². The van der Waals surface area contributed by atoms with E-state index < -0.39 is 0 Å². The van der Waals surface area contributed by atoms with Crippen molar-refractivity contribution in [2.24, 2.45) is 5.73 Å². The number of thiocarbonyl (C=S) groups is 1. The molecule has 0 saturated heterocycles. The van der Waals surface area contributed by atoms with Crippen LogP contribution in [0.15, 0.2) is 34.9 Å². The molecular formula is C13H14BrN3S. The Morgan fingerprint density at radius 3 is 2.67 bits per heavy atom. The second-order valence-electron chi connectivity index (χ2n) is 4.37. The van der Waals surface area contributed by atoms with Crippen molar-refractivity contribution in [1.82, 2.24) is 9.78 Å². The molecule has 3 nitrogen and oxygen atoms in total. The molecule has 0 spiro atoms. The number of benzene rings is 1. The van der Waals surface area contributed by atoms with Gasteiger partial charge < -0.3 is 5.73 Å². The lowest BCUT2D eigenvalue weighted by atomic mass is 10.1. The van der Waals surface area contributed by atoms with Crippen LogP contribution < -0.4 is 5.73 Å².